The molecule has 0 aliphatic rings. The van der Waals surface area contributed by atoms with Crippen LogP contribution in [0.5, 0.6) is 5.75 Å². The number of ether oxygens (including phenoxy) is 2. The van der Waals surface area contributed by atoms with Gasteiger partial charge in [-0.1, -0.05) is 24.3 Å². The predicted octanol–water partition coefficient (Wildman–Crippen LogP) is 3.03. The lowest BCUT2D eigenvalue weighted by Crippen LogP contribution is -2.32. The third-order valence-corrected chi connectivity index (χ3v) is 4.84. The monoisotopic (exact) mass is 397 g/mol. The molecule has 156 valence electrons. The second-order valence-corrected chi connectivity index (χ2v) is 7.19. The van der Waals surface area contributed by atoms with E-state index in [9.17, 15) is 5.11 Å². The molecule has 0 amide bonds. The molecule has 0 saturated carbocycles. The number of imidazole rings is 1. The number of para-hydroxylation sites is 2. The molecule has 3 aromatic rings. The number of nitrogens with zero attached hydrogens (tertiary/aromatic N) is 2. The number of aliphatic hydroxyl groups excluding tert-OH is 1. The van der Waals surface area contributed by atoms with Crippen LogP contribution in [0.4, 0.5) is 0 Å². The van der Waals surface area contributed by atoms with Crippen LogP contribution in [0.15, 0.2) is 54.9 Å². The SMILES string of the molecule is COCCCc1ccc(OCC(O)CNCCCn2cnc3ccccc32)cc1. The van der Waals surface area contributed by atoms with Gasteiger partial charge in [-0.3, -0.25) is 0 Å². The molecule has 1 heterocycles. The number of benzene rings is 2. The van der Waals surface area contributed by atoms with E-state index in [-0.39, 0.29) is 6.61 Å². The maximum absolute atomic E-state index is 10.1. The van der Waals surface area contributed by atoms with Gasteiger partial charge in [-0.2, -0.15) is 0 Å². The van der Waals surface area contributed by atoms with Gasteiger partial charge in [0.15, 0.2) is 0 Å². The van der Waals surface area contributed by atoms with Gasteiger partial charge >= 0.3 is 0 Å². The van der Waals surface area contributed by atoms with E-state index in [0.29, 0.717) is 6.54 Å². The Morgan fingerprint density at radius 1 is 1.10 bits per heavy atom. The van der Waals surface area contributed by atoms with Gasteiger partial charge in [0.2, 0.25) is 0 Å². The fraction of sp³-hybridized carbons (Fsp3) is 0.435. The molecule has 2 N–H and O–H groups in total. The first kappa shape index (κ1) is 21.3. The van der Waals surface area contributed by atoms with Crippen LogP contribution < -0.4 is 10.1 Å². The molecule has 0 saturated heterocycles. The van der Waals surface area contributed by atoms with E-state index in [1.54, 1.807) is 7.11 Å². The van der Waals surface area contributed by atoms with Crippen molar-refractivity contribution in [2.45, 2.75) is 31.9 Å². The summed E-state index contributed by atoms with van der Waals surface area (Å²) in [6.07, 6.45) is 4.33. The fourth-order valence-electron chi connectivity index (χ4n) is 3.26. The summed E-state index contributed by atoms with van der Waals surface area (Å²) in [6.45, 7) is 3.30. The summed E-state index contributed by atoms with van der Waals surface area (Å²) >= 11 is 0. The average Bonchev–Trinajstić information content (AvgIpc) is 3.16. The maximum Gasteiger partial charge on any atom is 0.119 e. The zero-order chi connectivity index (χ0) is 20.3. The minimum absolute atomic E-state index is 0.280. The first-order chi connectivity index (χ1) is 14.3. The molecular formula is C23H31N3O3. The van der Waals surface area contributed by atoms with Gasteiger partial charge in [-0.15, -0.1) is 0 Å². The lowest BCUT2D eigenvalue weighted by Gasteiger charge is -2.14. The van der Waals surface area contributed by atoms with Gasteiger partial charge in [0.25, 0.3) is 0 Å². The Hall–Kier alpha value is -2.41. The third-order valence-electron chi connectivity index (χ3n) is 4.84. The molecule has 0 spiro atoms. The Balaban J connectivity index is 1.28. The molecule has 1 unspecified atom stereocenters. The first-order valence-corrected chi connectivity index (χ1v) is 10.3. The van der Waals surface area contributed by atoms with Crippen LogP contribution in [-0.4, -0.2) is 54.2 Å². The number of aryl methyl sites for hydroxylation is 2. The Morgan fingerprint density at radius 3 is 2.76 bits per heavy atom. The highest BCUT2D eigenvalue weighted by Crippen LogP contribution is 2.14. The Bertz CT molecular complexity index is 848. The van der Waals surface area contributed by atoms with Crippen LogP contribution in [0.1, 0.15) is 18.4 Å². The predicted molar refractivity (Wildman–Crippen MR) is 115 cm³/mol. The number of rotatable bonds is 13. The van der Waals surface area contributed by atoms with Crippen LogP contribution in [0, 0.1) is 0 Å². The standard InChI is InChI=1S/C23H31N3O3/c1-28-15-4-6-19-9-11-21(12-10-19)29-17-20(27)16-24-13-5-14-26-18-25-22-7-2-3-8-23(22)26/h2-3,7-12,18,20,24,27H,4-6,13-17H2,1H3. The van der Waals surface area contributed by atoms with Crippen molar-refractivity contribution in [3.8, 4) is 5.75 Å². The van der Waals surface area contributed by atoms with Crippen molar-refractivity contribution in [1.82, 2.24) is 14.9 Å². The van der Waals surface area contributed by atoms with E-state index < -0.39 is 6.10 Å². The summed E-state index contributed by atoms with van der Waals surface area (Å²) in [7, 11) is 1.72. The van der Waals surface area contributed by atoms with Crippen LogP contribution in [0.2, 0.25) is 0 Å². The van der Waals surface area contributed by atoms with E-state index in [0.717, 1.165) is 55.7 Å². The zero-order valence-electron chi connectivity index (χ0n) is 17.1. The summed E-state index contributed by atoms with van der Waals surface area (Å²) < 4.78 is 12.9. The molecule has 6 heteroatoms. The van der Waals surface area contributed by atoms with Crippen molar-refractivity contribution in [3.63, 3.8) is 0 Å². The van der Waals surface area contributed by atoms with Crippen LogP contribution in [-0.2, 0) is 17.7 Å². The normalized spacial score (nSPS) is 12.3. The quantitative estimate of drug-likeness (QED) is 0.434. The van der Waals surface area contributed by atoms with E-state index in [4.69, 9.17) is 9.47 Å². The highest BCUT2D eigenvalue weighted by atomic mass is 16.5. The van der Waals surface area contributed by atoms with Crippen molar-refractivity contribution in [2.75, 3.05) is 33.4 Å². The Kier molecular flexibility index (Phi) is 8.49. The van der Waals surface area contributed by atoms with Gasteiger partial charge in [0.1, 0.15) is 18.5 Å². The number of aromatic nitrogens is 2. The average molecular weight is 398 g/mol. The molecule has 6 nitrogen and oxygen atoms in total. The van der Waals surface area contributed by atoms with E-state index in [2.05, 4.69) is 33.1 Å². The smallest absolute Gasteiger partial charge is 0.119 e. The summed E-state index contributed by atoms with van der Waals surface area (Å²) in [5.74, 6) is 0.784. The van der Waals surface area contributed by atoms with Crippen molar-refractivity contribution >= 4 is 11.0 Å². The second kappa shape index (κ2) is 11.6. The molecule has 1 atom stereocenters. The lowest BCUT2D eigenvalue weighted by molar-refractivity contribution is 0.106. The fourth-order valence-corrected chi connectivity index (χ4v) is 3.26. The van der Waals surface area contributed by atoms with Gasteiger partial charge in [-0.25, -0.2) is 4.98 Å². The van der Waals surface area contributed by atoms with Gasteiger partial charge in [0, 0.05) is 26.8 Å². The molecule has 0 radical (unpaired) electrons. The van der Waals surface area contributed by atoms with Crippen molar-refractivity contribution in [3.05, 3.63) is 60.4 Å². The van der Waals surface area contributed by atoms with Crippen LogP contribution in [0.3, 0.4) is 0 Å². The largest absolute Gasteiger partial charge is 0.491 e. The van der Waals surface area contributed by atoms with Gasteiger partial charge in [-0.05, 0) is 55.6 Å². The number of methoxy groups -OCH3 is 1. The molecule has 0 fully saturated rings. The van der Waals surface area contributed by atoms with Crippen molar-refractivity contribution in [1.29, 1.82) is 0 Å². The van der Waals surface area contributed by atoms with Crippen molar-refractivity contribution < 1.29 is 14.6 Å². The molecule has 1 aromatic heterocycles. The van der Waals surface area contributed by atoms with Crippen LogP contribution >= 0.6 is 0 Å². The molecule has 0 bridgehead atoms. The molecule has 0 aliphatic heterocycles. The first-order valence-electron chi connectivity index (χ1n) is 10.3. The van der Waals surface area contributed by atoms with Crippen molar-refractivity contribution in [2.24, 2.45) is 0 Å². The molecule has 0 aliphatic carbocycles. The highest BCUT2D eigenvalue weighted by Gasteiger charge is 2.06. The molecular weight excluding hydrogens is 366 g/mol. The number of hydrogen-bond donors (Lipinski definition) is 2. The highest BCUT2D eigenvalue weighted by molar-refractivity contribution is 5.74. The zero-order valence-corrected chi connectivity index (χ0v) is 17.1. The molecule has 3 rings (SSSR count). The molecule has 29 heavy (non-hydrogen) atoms. The van der Waals surface area contributed by atoms with Crippen LogP contribution in [0.25, 0.3) is 11.0 Å². The number of aliphatic hydroxyl groups is 1. The topological polar surface area (TPSA) is 68.5 Å². The number of fused-ring (bicyclic) bond motifs is 1. The third kappa shape index (κ3) is 6.85. The number of nitrogens with one attached hydrogen (secondary N) is 1. The Morgan fingerprint density at radius 2 is 1.93 bits per heavy atom. The second-order valence-electron chi connectivity index (χ2n) is 7.19. The van der Waals surface area contributed by atoms with Gasteiger partial charge in [0.05, 0.1) is 17.4 Å². The summed E-state index contributed by atoms with van der Waals surface area (Å²) in [5.41, 5.74) is 3.45. The molecule has 2 aromatic carbocycles. The summed E-state index contributed by atoms with van der Waals surface area (Å²) in [5, 5.41) is 13.4. The maximum atomic E-state index is 10.1. The summed E-state index contributed by atoms with van der Waals surface area (Å²) in [6, 6.07) is 16.2. The van der Waals surface area contributed by atoms with E-state index >= 15 is 0 Å². The van der Waals surface area contributed by atoms with E-state index in [1.807, 2.05) is 36.7 Å². The minimum atomic E-state index is -0.537. The summed E-state index contributed by atoms with van der Waals surface area (Å²) in [4.78, 5) is 4.40. The Labute approximate surface area is 172 Å². The lowest BCUT2D eigenvalue weighted by atomic mass is 10.1. The van der Waals surface area contributed by atoms with E-state index in [1.165, 1.54) is 5.56 Å². The number of hydrogen-bond acceptors (Lipinski definition) is 5. The minimum Gasteiger partial charge on any atom is -0.491 e. The van der Waals surface area contributed by atoms with Gasteiger partial charge < -0.3 is 24.5 Å².